The minimum atomic E-state index is -4.22. The molecule has 2 fully saturated rings. The summed E-state index contributed by atoms with van der Waals surface area (Å²) in [6.07, 6.45) is 6.02. The molecule has 3 aliphatic rings. The number of ether oxygens (including phenoxy) is 1. The number of urea groups is 1. The number of imide groups is 1. The van der Waals surface area contributed by atoms with Crippen LogP contribution in [0.15, 0.2) is 36.4 Å². The van der Waals surface area contributed by atoms with Crippen molar-refractivity contribution in [2.45, 2.75) is 94.7 Å². The second-order valence-electron chi connectivity index (χ2n) is 12.3. The first-order chi connectivity index (χ1) is 20.1. The summed E-state index contributed by atoms with van der Waals surface area (Å²) in [5.41, 5.74) is 4.77. The van der Waals surface area contributed by atoms with Gasteiger partial charge in [-0.3, -0.25) is 14.3 Å². The number of nitrogens with one attached hydrogen (secondary N) is 2. The van der Waals surface area contributed by atoms with Crippen molar-refractivity contribution in [1.29, 1.82) is 0 Å². The number of halogens is 1. The Morgan fingerprint density at radius 2 is 1.81 bits per heavy atom. The Bertz CT molecular complexity index is 1380. The van der Waals surface area contributed by atoms with E-state index in [-0.39, 0.29) is 31.5 Å². The predicted molar refractivity (Wildman–Crippen MR) is 156 cm³/mol. The van der Waals surface area contributed by atoms with Gasteiger partial charge < -0.3 is 20.7 Å². The van der Waals surface area contributed by atoms with Gasteiger partial charge in [0.15, 0.2) is 4.87 Å². The molecule has 5 amide bonds. The molecule has 12 nitrogen and oxygen atoms in total. The summed E-state index contributed by atoms with van der Waals surface area (Å²) in [6.45, 7) is 5.04. The lowest BCUT2D eigenvalue weighted by Gasteiger charge is -2.34. The number of primary amides is 1. The Kier molecular flexibility index (Phi) is 9.38. The number of nitrogens with zero attached hydrogens (tertiary/aromatic N) is 2. The molecule has 0 aromatic heterocycles. The van der Waals surface area contributed by atoms with Crippen LogP contribution in [0.3, 0.4) is 0 Å². The first kappa shape index (κ1) is 32.2. The zero-order valence-electron chi connectivity index (χ0n) is 24.7. The summed E-state index contributed by atoms with van der Waals surface area (Å²) < 4.78 is 48.6. The van der Waals surface area contributed by atoms with Crippen LogP contribution in [0.4, 0.5) is 19.7 Å². The minimum Gasteiger partial charge on any atom is -0.443 e. The highest BCUT2D eigenvalue weighted by molar-refractivity contribution is 7.94. The molecule has 14 heteroatoms. The fourth-order valence-corrected chi connectivity index (χ4v) is 7.38. The molecule has 43 heavy (non-hydrogen) atoms. The van der Waals surface area contributed by atoms with E-state index in [0.717, 1.165) is 12.1 Å². The van der Waals surface area contributed by atoms with Crippen LogP contribution >= 0.6 is 0 Å². The van der Waals surface area contributed by atoms with Crippen LogP contribution in [-0.2, 0) is 24.3 Å². The second kappa shape index (κ2) is 12.5. The zero-order valence-corrected chi connectivity index (χ0v) is 25.5. The topological polar surface area (TPSA) is 168 Å². The molecule has 1 aromatic carbocycles. The number of nitrogens with two attached hydrogens (primary N) is 1. The van der Waals surface area contributed by atoms with Crippen molar-refractivity contribution < 1.29 is 36.7 Å². The van der Waals surface area contributed by atoms with E-state index < -0.39 is 68.3 Å². The number of allylic oxidation sites excluding steroid dienone is 1. The molecule has 1 aliphatic carbocycles. The van der Waals surface area contributed by atoms with E-state index >= 15 is 0 Å². The number of hydrogen-bond donors (Lipinski definition) is 3. The number of fused-ring (bicyclic) bond motifs is 2. The Hall–Kier alpha value is -3.68. The second-order valence-corrected chi connectivity index (χ2v) is 14.2. The molecule has 4 N–H and O–H groups in total. The van der Waals surface area contributed by atoms with Crippen LogP contribution in [0.1, 0.15) is 72.1 Å². The molecule has 236 valence electrons. The van der Waals surface area contributed by atoms with E-state index in [1.54, 1.807) is 26.8 Å². The Balaban J connectivity index is 1.65. The molecular weight excluding hydrogens is 581 g/mol. The Labute approximate surface area is 251 Å². The van der Waals surface area contributed by atoms with Gasteiger partial charge in [-0.2, -0.15) is 0 Å². The van der Waals surface area contributed by atoms with Gasteiger partial charge in [-0.15, -0.1) is 0 Å². The predicted octanol–water partition coefficient (Wildman–Crippen LogP) is 3.60. The number of carbonyl (C=O) groups is 4. The van der Waals surface area contributed by atoms with Crippen molar-refractivity contribution in [3.8, 4) is 0 Å². The monoisotopic (exact) mass is 621 g/mol. The van der Waals surface area contributed by atoms with Crippen molar-refractivity contribution in [3.05, 3.63) is 42.2 Å². The van der Waals surface area contributed by atoms with Gasteiger partial charge >= 0.3 is 12.1 Å². The van der Waals surface area contributed by atoms with Crippen molar-refractivity contribution in [3.63, 3.8) is 0 Å². The van der Waals surface area contributed by atoms with Crippen LogP contribution in [0.25, 0.3) is 0 Å². The molecule has 4 atom stereocenters. The number of amides is 5. The van der Waals surface area contributed by atoms with Gasteiger partial charge in [0.2, 0.25) is 11.8 Å². The van der Waals surface area contributed by atoms with Crippen molar-refractivity contribution in [2.24, 2.45) is 11.7 Å². The van der Waals surface area contributed by atoms with Gasteiger partial charge in [0.05, 0.1) is 0 Å². The van der Waals surface area contributed by atoms with E-state index in [0.29, 0.717) is 37.0 Å². The lowest BCUT2D eigenvalue weighted by molar-refractivity contribution is -0.142. The van der Waals surface area contributed by atoms with Crippen LogP contribution in [0.5, 0.6) is 0 Å². The summed E-state index contributed by atoms with van der Waals surface area (Å²) >= 11 is 0. The fourth-order valence-electron chi connectivity index (χ4n) is 5.64. The van der Waals surface area contributed by atoms with Crippen LogP contribution in [0.2, 0.25) is 0 Å². The third-order valence-corrected chi connectivity index (χ3v) is 9.89. The first-order valence-electron chi connectivity index (χ1n) is 14.5. The normalized spacial score (nSPS) is 27.4. The zero-order chi connectivity index (χ0) is 31.6. The Morgan fingerprint density at radius 1 is 1.12 bits per heavy atom. The number of carbonyl (C=O) groups excluding carboxylic acids is 4. The van der Waals surface area contributed by atoms with Crippen molar-refractivity contribution in [1.82, 2.24) is 15.1 Å². The maximum Gasteiger partial charge on any atom is 0.419 e. The van der Waals surface area contributed by atoms with Crippen molar-refractivity contribution >= 4 is 39.6 Å². The molecule has 4 unspecified atom stereocenters. The molecule has 1 saturated carbocycles. The largest absolute Gasteiger partial charge is 0.443 e. The molecule has 2 heterocycles. The summed E-state index contributed by atoms with van der Waals surface area (Å²) in [4.78, 5) is 53.5. The number of anilines is 1. The van der Waals surface area contributed by atoms with Crippen LogP contribution in [-0.4, -0.2) is 71.3 Å². The molecule has 2 aliphatic heterocycles. The molecule has 0 bridgehead atoms. The first-order valence-corrected chi connectivity index (χ1v) is 16.0. The van der Waals surface area contributed by atoms with E-state index in [4.69, 9.17) is 10.5 Å². The molecule has 4 rings (SSSR count). The van der Waals surface area contributed by atoms with Gasteiger partial charge in [0, 0.05) is 18.2 Å². The fraction of sp³-hybridized carbons (Fsp3) is 0.586. The maximum atomic E-state index is 14.0. The van der Waals surface area contributed by atoms with Crippen molar-refractivity contribution in [2.75, 3.05) is 11.3 Å². The highest BCUT2D eigenvalue weighted by Crippen LogP contribution is 2.49. The number of sulfonamides is 1. The average molecular weight is 622 g/mol. The molecule has 1 aromatic rings. The molecular formula is C29H40FN5O7S. The van der Waals surface area contributed by atoms with Crippen LogP contribution < -0.4 is 15.8 Å². The number of rotatable bonds is 4. The Morgan fingerprint density at radius 3 is 2.47 bits per heavy atom. The number of hydrogen-bond acceptors (Lipinski definition) is 7. The summed E-state index contributed by atoms with van der Waals surface area (Å²) in [5.74, 6) is -2.34. The van der Waals surface area contributed by atoms with Crippen LogP contribution in [0, 0.1) is 11.7 Å². The van der Waals surface area contributed by atoms with E-state index in [1.165, 1.54) is 17.0 Å². The minimum absolute atomic E-state index is 0.114. The van der Waals surface area contributed by atoms with E-state index in [1.807, 2.05) is 6.08 Å². The van der Waals surface area contributed by atoms with Gasteiger partial charge in [-0.25, -0.2) is 27.3 Å². The summed E-state index contributed by atoms with van der Waals surface area (Å²) in [6, 6.07) is 1.35. The quantitative estimate of drug-likeness (QED) is 0.432. The summed E-state index contributed by atoms with van der Waals surface area (Å²) in [5, 5.41) is 2.72. The third kappa shape index (κ3) is 7.28. The van der Waals surface area contributed by atoms with Gasteiger partial charge in [0.25, 0.3) is 10.0 Å². The molecule has 0 radical (unpaired) electrons. The SMILES string of the molecule is CC(C)(C)OC(=O)N(C(N)=O)C1CCCCC/C=C\C2CC2(S(=O)(=O)Nc2ccc(F)cc2)NC(=O)C2CCCN2C1=O. The summed E-state index contributed by atoms with van der Waals surface area (Å²) in [7, 11) is -4.22. The molecule has 1 saturated heterocycles. The smallest absolute Gasteiger partial charge is 0.419 e. The van der Waals surface area contributed by atoms with Gasteiger partial charge in [-0.1, -0.05) is 25.0 Å². The lowest BCUT2D eigenvalue weighted by Crippen LogP contribution is -2.59. The highest BCUT2D eigenvalue weighted by Gasteiger charge is 2.64. The number of benzene rings is 1. The lowest BCUT2D eigenvalue weighted by atomic mass is 10.0. The van der Waals surface area contributed by atoms with E-state index in [9.17, 15) is 32.0 Å². The third-order valence-electron chi connectivity index (χ3n) is 7.85. The maximum absolute atomic E-state index is 14.0. The van der Waals surface area contributed by atoms with Gasteiger partial charge in [-0.05, 0) is 83.6 Å². The highest BCUT2D eigenvalue weighted by atomic mass is 32.2. The van der Waals surface area contributed by atoms with Gasteiger partial charge in [0.1, 0.15) is 23.5 Å². The molecule has 0 spiro atoms. The van der Waals surface area contributed by atoms with E-state index in [2.05, 4.69) is 10.0 Å². The standard InChI is InChI=1S/C29H40FN5O7S/c1-28(2,3)42-27(39)35(26(31)38)23-11-8-6-4-5-7-10-19-18-29(19,32-24(36)22-12-9-17-34(22)25(23)37)43(40,41)33-21-15-13-20(30)14-16-21/h7,10,13-16,19,22-23,33H,4-6,8-9,11-12,17-18H2,1-3H3,(H2,31,38)(H,32,36)/b10-7-. The average Bonchev–Trinajstić information content (AvgIpc) is 3.38.